The molecule has 1 aliphatic carbocycles. The van der Waals surface area contributed by atoms with Gasteiger partial charge >= 0.3 is 12.4 Å². The minimum Gasteiger partial charge on any atom is -0.406 e. The van der Waals surface area contributed by atoms with E-state index in [1.54, 1.807) is 0 Å². The van der Waals surface area contributed by atoms with Crippen LogP contribution in [0.25, 0.3) is 17.1 Å². The van der Waals surface area contributed by atoms with Gasteiger partial charge in [0.15, 0.2) is 10.9 Å². The van der Waals surface area contributed by atoms with Gasteiger partial charge in [0.2, 0.25) is 0 Å². The molecule has 3 N–H and O–H groups in total. The van der Waals surface area contributed by atoms with E-state index in [2.05, 4.69) is 50.7 Å². The van der Waals surface area contributed by atoms with E-state index >= 15 is 0 Å². The lowest BCUT2D eigenvalue weighted by atomic mass is 9.99. The fourth-order valence-electron chi connectivity index (χ4n) is 4.94. The molecule has 1 aromatic heterocycles. The maximum atomic E-state index is 12.7. The Hall–Kier alpha value is -4.45. The molecule has 12 heteroatoms. The number of thiocarbonyl (C=S) groups is 1. The third-order valence-electron chi connectivity index (χ3n) is 6.87. The number of carbonyl (C=O) groups excluding carboxylic acids is 1. The van der Waals surface area contributed by atoms with Crippen molar-refractivity contribution >= 4 is 29.0 Å². The van der Waals surface area contributed by atoms with Crippen molar-refractivity contribution in [3.63, 3.8) is 0 Å². The maximum Gasteiger partial charge on any atom is 0.573 e. The summed E-state index contributed by atoms with van der Waals surface area (Å²) in [6, 6.07) is 16.9. The number of fused-ring (bicyclic) bond motifs is 1. The molecule has 0 radical (unpaired) electrons. The molecule has 0 saturated carbocycles. The van der Waals surface area contributed by atoms with E-state index in [9.17, 15) is 18.0 Å². The molecule has 0 spiro atoms. The van der Waals surface area contributed by atoms with E-state index in [1.165, 1.54) is 35.3 Å². The van der Waals surface area contributed by atoms with Crippen LogP contribution in [0.4, 0.5) is 23.7 Å². The predicted molar refractivity (Wildman–Crippen MR) is 158 cm³/mol. The van der Waals surface area contributed by atoms with E-state index in [4.69, 9.17) is 12.2 Å². The van der Waals surface area contributed by atoms with Gasteiger partial charge in [-0.15, -0.1) is 18.3 Å². The van der Waals surface area contributed by atoms with Gasteiger partial charge in [0.05, 0.1) is 5.69 Å². The normalized spacial score (nSPS) is 14.4. The van der Waals surface area contributed by atoms with Crippen molar-refractivity contribution in [2.75, 3.05) is 5.32 Å². The molecule has 42 heavy (non-hydrogen) atoms. The molecular weight excluding hydrogens is 565 g/mol. The number of nitrogens with one attached hydrogen (secondary N) is 3. The Morgan fingerprint density at radius 3 is 2.50 bits per heavy atom. The number of aryl methyl sites for hydroxylation is 1. The molecule has 1 heterocycles. The zero-order chi connectivity index (χ0) is 30.0. The van der Waals surface area contributed by atoms with Crippen LogP contribution in [-0.2, 0) is 12.8 Å². The number of urea groups is 1. The second kappa shape index (κ2) is 11.8. The number of hydrogen-bond acceptors (Lipinski definition) is 5. The van der Waals surface area contributed by atoms with Crippen molar-refractivity contribution in [2.24, 2.45) is 0 Å². The SMILES string of the molecule is Cc1ccc(C(C)C)c(NC(=S)NC(=O)NC2Cc3ccc(-c4ncn(-c5ccc(OC(F)(F)F)cc5)n4)cc3C2)c1. The van der Waals surface area contributed by atoms with Crippen molar-refractivity contribution < 1.29 is 22.7 Å². The van der Waals surface area contributed by atoms with Crippen LogP contribution in [0.15, 0.2) is 67.0 Å². The Bertz CT molecular complexity index is 1620. The highest BCUT2D eigenvalue weighted by Crippen LogP contribution is 2.28. The van der Waals surface area contributed by atoms with Gasteiger partial charge in [0.1, 0.15) is 12.1 Å². The monoisotopic (exact) mass is 594 g/mol. The summed E-state index contributed by atoms with van der Waals surface area (Å²) in [6.07, 6.45) is -1.95. The molecule has 1 unspecified atom stereocenters. The maximum absolute atomic E-state index is 12.7. The van der Waals surface area contributed by atoms with Crippen LogP contribution in [0.1, 0.15) is 42.0 Å². The number of nitrogens with zero attached hydrogens (tertiary/aromatic N) is 3. The number of halogens is 3. The number of aromatic nitrogens is 3. The number of benzene rings is 3. The molecule has 5 rings (SSSR count). The van der Waals surface area contributed by atoms with Crippen LogP contribution in [-0.4, -0.2) is 38.3 Å². The van der Waals surface area contributed by atoms with Crippen LogP contribution in [0, 0.1) is 6.92 Å². The molecule has 4 aromatic rings. The molecule has 0 saturated heterocycles. The summed E-state index contributed by atoms with van der Waals surface area (Å²) in [7, 11) is 0. The fraction of sp³-hybridized carbons (Fsp3) is 0.267. The number of carbonyl (C=O) groups is 1. The van der Waals surface area contributed by atoms with Crippen LogP contribution in [0.2, 0.25) is 0 Å². The van der Waals surface area contributed by atoms with Crippen molar-refractivity contribution in [1.82, 2.24) is 25.4 Å². The third kappa shape index (κ3) is 7.06. The summed E-state index contributed by atoms with van der Waals surface area (Å²) in [5, 5.41) is 13.6. The Balaban J connectivity index is 1.18. The molecule has 2 amide bonds. The highest BCUT2D eigenvalue weighted by Gasteiger charge is 2.31. The van der Waals surface area contributed by atoms with Gasteiger partial charge in [-0.25, -0.2) is 14.5 Å². The highest BCUT2D eigenvalue weighted by molar-refractivity contribution is 7.80. The number of anilines is 1. The highest BCUT2D eigenvalue weighted by atomic mass is 32.1. The van der Waals surface area contributed by atoms with Gasteiger partial charge in [-0.3, -0.25) is 5.32 Å². The van der Waals surface area contributed by atoms with E-state index in [0.29, 0.717) is 30.3 Å². The molecule has 3 aromatic carbocycles. The van der Waals surface area contributed by atoms with E-state index in [0.717, 1.165) is 33.5 Å². The summed E-state index contributed by atoms with van der Waals surface area (Å²) in [4.78, 5) is 17.1. The Morgan fingerprint density at radius 2 is 1.79 bits per heavy atom. The molecule has 218 valence electrons. The van der Waals surface area contributed by atoms with Gasteiger partial charge in [0, 0.05) is 17.3 Å². The Labute approximate surface area is 246 Å². The lowest BCUT2D eigenvalue weighted by Crippen LogP contribution is -2.46. The number of amides is 2. The first-order valence-electron chi connectivity index (χ1n) is 13.3. The minimum atomic E-state index is -4.75. The number of ether oxygens (including phenoxy) is 1. The van der Waals surface area contributed by atoms with E-state index in [-0.39, 0.29) is 22.9 Å². The van der Waals surface area contributed by atoms with Crippen LogP contribution in [0.5, 0.6) is 5.75 Å². The summed E-state index contributed by atoms with van der Waals surface area (Å²) in [5.74, 6) is 0.450. The van der Waals surface area contributed by atoms with Gasteiger partial charge < -0.3 is 15.4 Å². The lowest BCUT2D eigenvalue weighted by molar-refractivity contribution is -0.274. The van der Waals surface area contributed by atoms with Gasteiger partial charge in [-0.1, -0.05) is 38.1 Å². The molecule has 0 fully saturated rings. The number of rotatable bonds is 6. The zero-order valence-corrected chi connectivity index (χ0v) is 23.9. The minimum absolute atomic E-state index is 0.105. The van der Waals surface area contributed by atoms with Crippen molar-refractivity contribution in [1.29, 1.82) is 0 Å². The molecule has 0 aliphatic heterocycles. The number of alkyl halides is 3. The molecule has 0 bridgehead atoms. The summed E-state index contributed by atoms with van der Waals surface area (Å²) >= 11 is 5.40. The largest absolute Gasteiger partial charge is 0.573 e. The van der Waals surface area contributed by atoms with Gasteiger partial charge in [-0.2, -0.15) is 0 Å². The lowest BCUT2D eigenvalue weighted by Gasteiger charge is -2.18. The first-order valence-corrected chi connectivity index (χ1v) is 13.7. The first kappa shape index (κ1) is 29.1. The summed E-state index contributed by atoms with van der Waals surface area (Å²) < 4.78 is 42.7. The quantitative estimate of drug-likeness (QED) is 0.223. The van der Waals surface area contributed by atoms with Gasteiger partial charge in [0.25, 0.3) is 0 Å². The van der Waals surface area contributed by atoms with Crippen LogP contribution >= 0.6 is 12.2 Å². The van der Waals surface area contributed by atoms with Crippen molar-refractivity contribution in [3.05, 3.63) is 89.2 Å². The van der Waals surface area contributed by atoms with Crippen molar-refractivity contribution in [3.8, 4) is 22.8 Å². The fourth-order valence-corrected chi connectivity index (χ4v) is 5.14. The standard InChI is InChI=1S/C30H29F3N6O2S/c1-17(2)25-11-4-18(3)12-26(25)36-29(42)37-28(40)35-22-14-19-5-6-20(13-21(19)15-22)27-34-16-39(38-27)23-7-9-24(10-8-23)41-30(31,32)33/h4-13,16-17,22H,14-15H2,1-3H3,(H3,35,36,37,40,42). The Kier molecular flexibility index (Phi) is 8.17. The molecule has 1 atom stereocenters. The molecular formula is C30H29F3N6O2S. The average Bonchev–Trinajstić information content (AvgIpc) is 3.54. The van der Waals surface area contributed by atoms with Crippen LogP contribution < -0.4 is 20.7 Å². The summed E-state index contributed by atoms with van der Waals surface area (Å²) in [5.41, 5.74) is 6.59. The zero-order valence-electron chi connectivity index (χ0n) is 23.1. The molecule has 8 nitrogen and oxygen atoms in total. The first-order chi connectivity index (χ1) is 19.9. The second-order valence-electron chi connectivity index (χ2n) is 10.4. The van der Waals surface area contributed by atoms with E-state index in [1.807, 2.05) is 37.3 Å². The smallest absolute Gasteiger partial charge is 0.406 e. The third-order valence-corrected chi connectivity index (χ3v) is 7.07. The predicted octanol–water partition coefficient (Wildman–Crippen LogP) is 6.43. The number of hydrogen-bond donors (Lipinski definition) is 3. The van der Waals surface area contributed by atoms with Gasteiger partial charge in [-0.05, 0) is 96.6 Å². The molecule has 1 aliphatic rings. The van der Waals surface area contributed by atoms with Crippen LogP contribution in [0.3, 0.4) is 0 Å². The summed E-state index contributed by atoms with van der Waals surface area (Å²) in [6.45, 7) is 6.20. The second-order valence-corrected chi connectivity index (χ2v) is 10.8. The average molecular weight is 595 g/mol. The topological polar surface area (TPSA) is 93.1 Å². The van der Waals surface area contributed by atoms with E-state index < -0.39 is 6.36 Å². The van der Waals surface area contributed by atoms with Crippen molar-refractivity contribution in [2.45, 2.75) is 51.9 Å². The Morgan fingerprint density at radius 1 is 1.05 bits per heavy atom.